The Morgan fingerprint density at radius 2 is 2.17 bits per heavy atom. The van der Waals surface area contributed by atoms with Crippen LogP contribution >= 0.6 is 0 Å². The Bertz CT molecular complexity index is 300. The lowest BCUT2D eigenvalue weighted by Crippen LogP contribution is -2.42. The van der Waals surface area contributed by atoms with Gasteiger partial charge in [-0.05, 0) is 24.2 Å². The van der Waals surface area contributed by atoms with Gasteiger partial charge >= 0.3 is 0 Å². The molecule has 2 aliphatic heterocycles. The number of carbonyl (C=O) groups is 1. The molecule has 0 aromatic rings. The second kappa shape index (κ2) is 5.57. The van der Waals surface area contributed by atoms with Crippen molar-refractivity contribution in [3.05, 3.63) is 0 Å². The number of ether oxygens (including phenoxy) is 1. The molecule has 0 aromatic carbocycles. The molecule has 18 heavy (non-hydrogen) atoms. The second-order valence-electron chi connectivity index (χ2n) is 6.18. The molecule has 0 radical (unpaired) electrons. The van der Waals surface area contributed by atoms with Gasteiger partial charge in [0.25, 0.3) is 0 Å². The van der Waals surface area contributed by atoms with E-state index in [2.05, 4.69) is 26.1 Å². The van der Waals surface area contributed by atoms with Gasteiger partial charge in [0.15, 0.2) is 0 Å². The summed E-state index contributed by atoms with van der Waals surface area (Å²) < 4.78 is 5.41. The third-order valence-corrected chi connectivity index (χ3v) is 4.57. The first-order valence-corrected chi connectivity index (χ1v) is 7.16. The van der Waals surface area contributed by atoms with Gasteiger partial charge in [-0.2, -0.15) is 0 Å². The van der Waals surface area contributed by atoms with E-state index in [1.165, 1.54) is 0 Å². The van der Waals surface area contributed by atoms with Crippen LogP contribution in [0.3, 0.4) is 0 Å². The molecule has 4 heteroatoms. The van der Waals surface area contributed by atoms with Gasteiger partial charge in [0.2, 0.25) is 5.91 Å². The molecule has 2 rings (SSSR count). The summed E-state index contributed by atoms with van der Waals surface area (Å²) in [6.45, 7) is 9.82. The minimum absolute atomic E-state index is 0.0263. The van der Waals surface area contributed by atoms with Gasteiger partial charge < -0.3 is 9.64 Å². The van der Waals surface area contributed by atoms with Crippen molar-refractivity contribution >= 4 is 5.91 Å². The number of rotatable bonds is 4. The van der Waals surface area contributed by atoms with E-state index < -0.39 is 0 Å². The fraction of sp³-hybridized carbons (Fsp3) is 0.929. The zero-order chi connectivity index (χ0) is 13.2. The predicted molar refractivity (Wildman–Crippen MR) is 71.1 cm³/mol. The largest absolute Gasteiger partial charge is 0.381 e. The highest BCUT2D eigenvalue weighted by molar-refractivity contribution is 5.84. The number of amides is 1. The second-order valence-corrected chi connectivity index (χ2v) is 6.18. The minimum Gasteiger partial charge on any atom is -0.381 e. The maximum atomic E-state index is 12.4. The van der Waals surface area contributed by atoms with E-state index in [1.807, 2.05) is 4.90 Å². The molecule has 1 amide bonds. The molecule has 2 heterocycles. The summed E-state index contributed by atoms with van der Waals surface area (Å²) in [7, 11) is 0. The first kappa shape index (κ1) is 13.8. The molecule has 0 aliphatic carbocycles. The summed E-state index contributed by atoms with van der Waals surface area (Å²) in [6.07, 6.45) is 3.16. The molecule has 0 saturated carbocycles. The van der Waals surface area contributed by atoms with Crippen molar-refractivity contribution in [3.63, 3.8) is 0 Å². The number of hydrogen-bond donors (Lipinski definition) is 1. The average Bonchev–Trinajstić information content (AvgIpc) is 2.70. The van der Waals surface area contributed by atoms with Crippen molar-refractivity contribution in [3.8, 4) is 0 Å². The molecule has 2 aliphatic rings. The fourth-order valence-corrected chi connectivity index (χ4v) is 2.87. The SMILES string of the molecule is CCC(C)C1NCN(CC2(C)CCOCC2)C1=O. The molecule has 2 fully saturated rings. The molecule has 0 aromatic heterocycles. The normalized spacial score (nSPS) is 29.6. The van der Waals surface area contributed by atoms with E-state index in [9.17, 15) is 4.79 Å². The third-order valence-electron chi connectivity index (χ3n) is 4.57. The van der Waals surface area contributed by atoms with Crippen LogP contribution in [0.5, 0.6) is 0 Å². The van der Waals surface area contributed by atoms with E-state index in [1.54, 1.807) is 0 Å². The lowest BCUT2D eigenvalue weighted by atomic mass is 9.82. The number of nitrogens with zero attached hydrogens (tertiary/aromatic N) is 1. The van der Waals surface area contributed by atoms with Gasteiger partial charge in [0.1, 0.15) is 0 Å². The maximum absolute atomic E-state index is 12.4. The van der Waals surface area contributed by atoms with E-state index in [0.29, 0.717) is 12.6 Å². The Morgan fingerprint density at radius 1 is 1.50 bits per heavy atom. The molecule has 4 nitrogen and oxygen atoms in total. The van der Waals surface area contributed by atoms with Crippen LogP contribution in [-0.4, -0.2) is 43.3 Å². The Kier molecular flexibility index (Phi) is 4.28. The van der Waals surface area contributed by atoms with Crippen molar-refractivity contribution in [1.29, 1.82) is 0 Å². The van der Waals surface area contributed by atoms with Gasteiger partial charge in [-0.3, -0.25) is 10.1 Å². The zero-order valence-corrected chi connectivity index (χ0v) is 11.9. The van der Waals surface area contributed by atoms with Crippen molar-refractivity contribution in [2.45, 2.75) is 46.1 Å². The Morgan fingerprint density at radius 3 is 2.78 bits per heavy atom. The number of carbonyl (C=O) groups excluding carboxylic acids is 1. The molecule has 0 spiro atoms. The van der Waals surface area contributed by atoms with Crippen LogP contribution in [-0.2, 0) is 9.53 Å². The summed E-state index contributed by atoms with van der Waals surface area (Å²) >= 11 is 0. The summed E-state index contributed by atoms with van der Waals surface area (Å²) in [5.41, 5.74) is 0.236. The van der Waals surface area contributed by atoms with Crippen LogP contribution < -0.4 is 5.32 Å². The average molecular weight is 254 g/mol. The Balaban J connectivity index is 1.93. The summed E-state index contributed by atoms with van der Waals surface area (Å²) in [6, 6.07) is 0.0263. The first-order chi connectivity index (χ1) is 8.56. The van der Waals surface area contributed by atoms with Crippen LogP contribution in [0.4, 0.5) is 0 Å². The Labute approximate surface area is 110 Å². The number of hydrogen-bond acceptors (Lipinski definition) is 3. The monoisotopic (exact) mass is 254 g/mol. The third kappa shape index (κ3) is 2.86. The Hall–Kier alpha value is -0.610. The molecule has 2 atom stereocenters. The van der Waals surface area contributed by atoms with Gasteiger partial charge in [-0.15, -0.1) is 0 Å². The van der Waals surface area contributed by atoms with Crippen LogP contribution in [0.1, 0.15) is 40.0 Å². The standard InChI is InChI=1S/C14H26N2O2/c1-4-11(2)12-13(17)16(10-15-12)9-14(3)5-7-18-8-6-14/h11-12,15H,4-10H2,1-3H3. The summed E-state index contributed by atoms with van der Waals surface area (Å²) in [5.74, 6) is 0.710. The smallest absolute Gasteiger partial charge is 0.241 e. The van der Waals surface area contributed by atoms with Gasteiger partial charge in [-0.25, -0.2) is 0 Å². The molecular formula is C14H26N2O2. The topological polar surface area (TPSA) is 41.6 Å². The van der Waals surface area contributed by atoms with Crippen LogP contribution in [0.2, 0.25) is 0 Å². The van der Waals surface area contributed by atoms with E-state index in [-0.39, 0.29) is 17.4 Å². The molecule has 0 bridgehead atoms. The van der Waals surface area contributed by atoms with Crippen LogP contribution in [0.15, 0.2) is 0 Å². The van der Waals surface area contributed by atoms with Crippen molar-refractivity contribution in [2.24, 2.45) is 11.3 Å². The van der Waals surface area contributed by atoms with Crippen LogP contribution in [0.25, 0.3) is 0 Å². The van der Waals surface area contributed by atoms with Crippen molar-refractivity contribution in [2.75, 3.05) is 26.4 Å². The molecule has 104 valence electrons. The quantitative estimate of drug-likeness (QED) is 0.828. The molecule has 2 unspecified atom stereocenters. The fourth-order valence-electron chi connectivity index (χ4n) is 2.87. The number of nitrogens with one attached hydrogen (secondary N) is 1. The van der Waals surface area contributed by atoms with E-state index >= 15 is 0 Å². The molecule has 2 saturated heterocycles. The van der Waals surface area contributed by atoms with Gasteiger partial charge in [-0.1, -0.05) is 27.2 Å². The lowest BCUT2D eigenvalue weighted by molar-refractivity contribution is -0.132. The first-order valence-electron chi connectivity index (χ1n) is 7.16. The van der Waals surface area contributed by atoms with E-state index in [0.717, 1.165) is 39.0 Å². The van der Waals surface area contributed by atoms with Crippen molar-refractivity contribution in [1.82, 2.24) is 10.2 Å². The van der Waals surface area contributed by atoms with Gasteiger partial charge in [0, 0.05) is 19.8 Å². The van der Waals surface area contributed by atoms with Crippen molar-refractivity contribution < 1.29 is 9.53 Å². The molecule has 1 N–H and O–H groups in total. The highest BCUT2D eigenvalue weighted by Gasteiger charge is 2.38. The van der Waals surface area contributed by atoms with Gasteiger partial charge in [0.05, 0.1) is 12.7 Å². The lowest BCUT2D eigenvalue weighted by Gasteiger charge is -2.36. The molecular weight excluding hydrogens is 228 g/mol. The van der Waals surface area contributed by atoms with Crippen LogP contribution in [0, 0.1) is 11.3 Å². The minimum atomic E-state index is 0.0263. The summed E-state index contributed by atoms with van der Waals surface area (Å²) in [5, 5.41) is 3.36. The highest BCUT2D eigenvalue weighted by atomic mass is 16.5. The summed E-state index contributed by atoms with van der Waals surface area (Å²) in [4.78, 5) is 14.4. The van der Waals surface area contributed by atoms with E-state index in [4.69, 9.17) is 4.74 Å². The zero-order valence-electron chi connectivity index (χ0n) is 11.9. The highest BCUT2D eigenvalue weighted by Crippen LogP contribution is 2.31. The maximum Gasteiger partial charge on any atom is 0.241 e. The predicted octanol–water partition coefficient (Wildman–Crippen LogP) is 1.61.